The fourth-order valence-corrected chi connectivity index (χ4v) is 2.96. The molecular weight excluding hydrogens is 343 g/mol. The third kappa shape index (κ3) is 3.33. The lowest BCUT2D eigenvalue weighted by atomic mass is 10.1. The van der Waals surface area contributed by atoms with Crippen molar-refractivity contribution in [2.45, 2.75) is 25.7 Å². The number of hydrogen-bond acceptors (Lipinski definition) is 3. The minimum atomic E-state index is -4.26. The van der Waals surface area contributed by atoms with Crippen LogP contribution in [0.1, 0.15) is 33.3 Å². The van der Waals surface area contributed by atoms with Gasteiger partial charge in [-0.1, -0.05) is 29.8 Å². The summed E-state index contributed by atoms with van der Waals surface area (Å²) in [6.07, 6.45) is -6.01. The highest BCUT2D eigenvalue weighted by Gasteiger charge is 2.33. The van der Waals surface area contributed by atoms with Crippen molar-refractivity contribution in [2.75, 3.05) is 5.32 Å². The number of halogens is 4. The molecule has 0 saturated carbocycles. The molecular formula is C17H13ClF3NO2. The summed E-state index contributed by atoms with van der Waals surface area (Å²) in [4.78, 5) is 11.9. The zero-order valence-corrected chi connectivity index (χ0v) is 13.3. The van der Waals surface area contributed by atoms with E-state index < -0.39 is 24.8 Å². The predicted molar refractivity (Wildman–Crippen MR) is 84.2 cm³/mol. The Kier molecular flexibility index (Phi) is 4.17. The Balaban J connectivity index is 1.85. The highest BCUT2D eigenvalue weighted by Crippen LogP contribution is 2.37. The van der Waals surface area contributed by atoms with Gasteiger partial charge in [0, 0.05) is 11.3 Å². The molecule has 7 heteroatoms. The van der Waals surface area contributed by atoms with Crippen molar-refractivity contribution >= 4 is 23.3 Å². The van der Waals surface area contributed by atoms with Crippen molar-refractivity contribution < 1.29 is 22.7 Å². The molecule has 0 spiro atoms. The fraction of sp³-hybridized carbons (Fsp3) is 0.235. The monoisotopic (exact) mass is 355 g/mol. The van der Waals surface area contributed by atoms with Crippen LogP contribution in [0.3, 0.4) is 0 Å². The quantitative estimate of drug-likeness (QED) is 0.784. The normalized spacial score (nSPS) is 16.7. The molecule has 1 atom stereocenters. The summed E-state index contributed by atoms with van der Waals surface area (Å²) in [5, 5.41) is 3.41. The van der Waals surface area contributed by atoms with Crippen LogP contribution in [0.4, 0.5) is 18.9 Å². The van der Waals surface area contributed by atoms with E-state index in [1.54, 1.807) is 31.2 Å². The number of esters is 1. The number of ether oxygens (including phenoxy) is 1. The molecule has 1 aliphatic rings. The molecule has 1 aliphatic heterocycles. The Morgan fingerprint density at radius 2 is 2.00 bits per heavy atom. The summed E-state index contributed by atoms with van der Waals surface area (Å²) >= 11 is 6.14. The molecule has 0 amide bonds. The van der Waals surface area contributed by atoms with Gasteiger partial charge in [0.1, 0.15) is 0 Å². The van der Waals surface area contributed by atoms with Crippen molar-refractivity contribution in [3.8, 4) is 0 Å². The van der Waals surface area contributed by atoms with Crippen LogP contribution in [0.2, 0.25) is 5.02 Å². The smallest absolute Gasteiger partial charge is 0.393 e. The molecule has 2 aromatic rings. The third-order valence-corrected chi connectivity index (χ3v) is 4.07. The number of carbonyl (C=O) groups is 1. The SMILES string of the molecule is Cc1cc(CC(F)(F)F)ccc1NC1OC(=O)c2cccc(Cl)c21. The molecule has 1 N–H and O–H groups in total. The number of nitrogens with one attached hydrogen (secondary N) is 1. The molecule has 126 valence electrons. The average molecular weight is 356 g/mol. The minimum absolute atomic E-state index is 0.174. The predicted octanol–water partition coefficient (Wildman–Crippen LogP) is 5.03. The van der Waals surface area contributed by atoms with E-state index in [4.69, 9.17) is 16.3 Å². The van der Waals surface area contributed by atoms with Gasteiger partial charge in [0.25, 0.3) is 0 Å². The molecule has 1 unspecified atom stereocenters. The molecule has 0 radical (unpaired) electrons. The standard InChI is InChI=1S/C17H13ClF3NO2/c1-9-7-10(8-17(19,20)21)5-6-13(9)22-15-14-11(16(23)24-15)3-2-4-12(14)18/h2-7,15,22H,8H2,1H3. The van der Waals surface area contributed by atoms with E-state index in [0.29, 0.717) is 27.4 Å². The molecule has 3 nitrogen and oxygen atoms in total. The molecule has 2 aromatic carbocycles. The topological polar surface area (TPSA) is 38.3 Å². The van der Waals surface area contributed by atoms with Gasteiger partial charge in [0.15, 0.2) is 0 Å². The Morgan fingerprint density at radius 1 is 1.25 bits per heavy atom. The summed E-state index contributed by atoms with van der Waals surface area (Å²) in [5.41, 5.74) is 2.28. The molecule has 3 rings (SSSR count). The van der Waals surface area contributed by atoms with Crippen LogP contribution in [-0.4, -0.2) is 12.1 Å². The van der Waals surface area contributed by atoms with Crippen LogP contribution >= 0.6 is 11.6 Å². The Morgan fingerprint density at radius 3 is 2.67 bits per heavy atom. The lowest BCUT2D eigenvalue weighted by Crippen LogP contribution is -2.13. The maximum absolute atomic E-state index is 12.5. The minimum Gasteiger partial charge on any atom is -0.434 e. The molecule has 0 bridgehead atoms. The number of fused-ring (bicyclic) bond motifs is 1. The molecule has 0 aliphatic carbocycles. The lowest BCUT2D eigenvalue weighted by molar-refractivity contribution is -0.127. The summed E-state index contributed by atoms with van der Waals surface area (Å²) in [6, 6.07) is 9.31. The van der Waals surface area contributed by atoms with Gasteiger partial charge in [0.2, 0.25) is 6.23 Å². The Bertz CT molecular complexity index is 805. The molecule has 0 saturated heterocycles. The Hall–Kier alpha value is -2.21. The number of anilines is 1. The molecule has 0 fully saturated rings. The zero-order valence-electron chi connectivity index (χ0n) is 12.6. The first-order chi connectivity index (χ1) is 11.2. The number of hydrogen-bond donors (Lipinski definition) is 1. The number of cyclic esters (lactones) is 1. The van der Waals surface area contributed by atoms with Gasteiger partial charge in [0.05, 0.1) is 17.0 Å². The van der Waals surface area contributed by atoms with Gasteiger partial charge in [-0.05, 0) is 36.2 Å². The summed E-state index contributed by atoms with van der Waals surface area (Å²) in [7, 11) is 0. The van der Waals surface area contributed by atoms with Gasteiger partial charge < -0.3 is 10.1 Å². The number of aryl methyl sites for hydroxylation is 1. The van der Waals surface area contributed by atoms with Crippen LogP contribution < -0.4 is 5.32 Å². The van der Waals surface area contributed by atoms with Gasteiger partial charge in [-0.25, -0.2) is 4.79 Å². The first-order valence-corrected chi connectivity index (χ1v) is 7.54. The summed E-state index contributed by atoms with van der Waals surface area (Å²) in [5.74, 6) is -0.489. The maximum atomic E-state index is 12.5. The lowest BCUT2D eigenvalue weighted by Gasteiger charge is -2.18. The third-order valence-electron chi connectivity index (χ3n) is 3.74. The second-order valence-corrected chi connectivity index (χ2v) is 5.98. The van der Waals surface area contributed by atoms with Crippen molar-refractivity contribution in [3.05, 3.63) is 63.7 Å². The van der Waals surface area contributed by atoms with Crippen molar-refractivity contribution in [1.29, 1.82) is 0 Å². The zero-order chi connectivity index (χ0) is 17.5. The van der Waals surface area contributed by atoms with Crippen molar-refractivity contribution in [2.24, 2.45) is 0 Å². The van der Waals surface area contributed by atoms with Crippen LogP contribution in [-0.2, 0) is 11.2 Å². The van der Waals surface area contributed by atoms with Gasteiger partial charge in [-0.15, -0.1) is 0 Å². The number of rotatable bonds is 3. The molecule has 1 heterocycles. The van der Waals surface area contributed by atoms with E-state index in [9.17, 15) is 18.0 Å². The number of carbonyl (C=O) groups excluding carboxylic acids is 1. The van der Waals surface area contributed by atoms with Crippen LogP contribution in [0.25, 0.3) is 0 Å². The van der Waals surface area contributed by atoms with Crippen LogP contribution in [0.5, 0.6) is 0 Å². The highest BCUT2D eigenvalue weighted by atomic mass is 35.5. The fourth-order valence-electron chi connectivity index (χ4n) is 2.68. The van der Waals surface area contributed by atoms with Gasteiger partial charge in [-0.3, -0.25) is 0 Å². The van der Waals surface area contributed by atoms with Crippen molar-refractivity contribution in [1.82, 2.24) is 0 Å². The average Bonchev–Trinajstić information content (AvgIpc) is 2.78. The van der Waals surface area contributed by atoms with E-state index in [2.05, 4.69) is 5.32 Å². The first-order valence-electron chi connectivity index (χ1n) is 7.17. The van der Waals surface area contributed by atoms with Gasteiger partial charge >= 0.3 is 12.1 Å². The highest BCUT2D eigenvalue weighted by molar-refractivity contribution is 6.32. The Labute approximate surface area is 141 Å². The van der Waals surface area contributed by atoms with E-state index in [1.165, 1.54) is 12.1 Å². The number of benzene rings is 2. The molecule has 24 heavy (non-hydrogen) atoms. The summed E-state index contributed by atoms with van der Waals surface area (Å²) < 4.78 is 42.7. The van der Waals surface area contributed by atoms with Crippen LogP contribution in [0.15, 0.2) is 36.4 Å². The second-order valence-electron chi connectivity index (χ2n) is 5.57. The van der Waals surface area contributed by atoms with E-state index in [-0.39, 0.29) is 5.56 Å². The van der Waals surface area contributed by atoms with Crippen molar-refractivity contribution in [3.63, 3.8) is 0 Å². The van der Waals surface area contributed by atoms with Gasteiger partial charge in [-0.2, -0.15) is 13.2 Å². The van der Waals surface area contributed by atoms with E-state index >= 15 is 0 Å². The number of alkyl halides is 3. The largest absolute Gasteiger partial charge is 0.434 e. The maximum Gasteiger partial charge on any atom is 0.393 e. The molecule has 0 aromatic heterocycles. The first kappa shape index (κ1) is 16.6. The van der Waals surface area contributed by atoms with E-state index in [0.717, 1.165) is 0 Å². The van der Waals surface area contributed by atoms with Crippen LogP contribution in [0, 0.1) is 6.92 Å². The summed E-state index contributed by atoms with van der Waals surface area (Å²) in [6.45, 7) is 1.69. The second kappa shape index (κ2) is 6.02. The van der Waals surface area contributed by atoms with E-state index in [1.807, 2.05) is 0 Å².